The first kappa shape index (κ1) is 8.26. The topological polar surface area (TPSA) is 52.2 Å². The molecule has 3 heteroatoms. The molecule has 2 rings (SSSR count). The molecule has 0 spiro atoms. The Morgan fingerprint density at radius 1 is 1.46 bits per heavy atom. The first-order valence-electron chi connectivity index (χ1n) is 4.31. The molecule has 0 aliphatic carbocycles. The second-order valence-corrected chi connectivity index (χ2v) is 3.15. The molecule has 1 N–H and O–H groups in total. The van der Waals surface area contributed by atoms with Crippen LogP contribution in [0.5, 0.6) is 0 Å². The van der Waals surface area contributed by atoms with E-state index in [-0.39, 0.29) is 0 Å². The molecule has 1 aromatic rings. The van der Waals surface area contributed by atoms with Gasteiger partial charge in [-0.1, -0.05) is 24.3 Å². The molecular weight excluding hydrogens is 166 g/mol. The molecule has 1 aliphatic heterocycles. The highest BCUT2D eigenvalue weighted by Crippen LogP contribution is 2.21. The summed E-state index contributed by atoms with van der Waals surface area (Å²) in [5, 5.41) is 13.7. The Morgan fingerprint density at radius 2 is 2.23 bits per heavy atom. The minimum absolute atomic E-state index is 0.634. The number of carbonyl (C=O) groups excluding carboxylic acids is 1. The van der Waals surface area contributed by atoms with Crippen molar-refractivity contribution >= 4 is 5.97 Å². The number of carboxylic acid groups (broad SMARTS) is 1. The number of nitrogens with one attached hydrogen (secondary N) is 1. The molecule has 0 fully saturated rings. The summed E-state index contributed by atoms with van der Waals surface area (Å²) in [4.78, 5) is 10.7. The van der Waals surface area contributed by atoms with E-state index in [9.17, 15) is 9.90 Å². The highest BCUT2D eigenvalue weighted by Gasteiger charge is 2.19. The van der Waals surface area contributed by atoms with Crippen molar-refractivity contribution in [3.63, 3.8) is 0 Å². The monoisotopic (exact) mass is 176 g/mol. The SMILES string of the molecule is O=C([O-])[C@H]1NCCc2ccccc21. The number of fused-ring (bicyclic) bond motifs is 1. The predicted molar refractivity (Wildman–Crippen MR) is 45.9 cm³/mol. The fourth-order valence-electron chi connectivity index (χ4n) is 1.71. The van der Waals surface area contributed by atoms with Crippen LogP contribution in [0.3, 0.4) is 0 Å². The highest BCUT2D eigenvalue weighted by atomic mass is 16.4. The molecule has 13 heavy (non-hydrogen) atoms. The fraction of sp³-hybridized carbons (Fsp3) is 0.300. The van der Waals surface area contributed by atoms with Crippen LogP contribution < -0.4 is 10.4 Å². The number of hydrogen-bond acceptors (Lipinski definition) is 3. The summed E-state index contributed by atoms with van der Waals surface area (Å²) >= 11 is 0. The standard InChI is InChI=1S/C10H11NO2/c12-10(13)9-8-4-2-1-3-7(8)5-6-11-9/h1-4,9,11H,5-6H2,(H,12,13)/p-1/t9-/m0/s1. The van der Waals surface area contributed by atoms with E-state index < -0.39 is 12.0 Å². The first-order chi connectivity index (χ1) is 6.29. The molecule has 0 aromatic heterocycles. The van der Waals surface area contributed by atoms with Gasteiger partial charge in [-0.3, -0.25) is 0 Å². The predicted octanol–water partition coefficient (Wildman–Crippen LogP) is -0.377. The Kier molecular flexibility index (Phi) is 2.02. The molecule has 3 nitrogen and oxygen atoms in total. The summed E-state index contributed by atoms with van der Waals surface area (Å²) in [6, 6.07) is 6.94. The lowest BCUT2D eigenvalue weighted by Crippen LogP contribution is -2.42. The van der Waals surface area contributed by atoms with Crippen molar-refractivity contribution in [3.8, 4) is 0 Å². The molecule has 0 unspecified atom stereocenters. The summed E-state index contributed by atoms with van der Waals surface area (Å²) in [6.45, 7) is 0.704. The zero-order valence-corrected chi connectivity index (χ0v) is 7.12. The van der Waals surface area contributed by atoms with Crippen molar-refractivity contribution in [3.05, 3.63) is 35.4 Å². The van der Waals surface area contributed by atoms with Gasteiger partial charge in [0.05, 0.1) is 12.0 Å². The largest absolute Gasteiger partial charge is 0.548 e. The van der Waals surface area contributed by atoms with E-state index in [4.69, 9.17) is 0 Å². The van der Waals surface area contributed by atoms with Crippen LogP contribution in [0.1, 0.15) is 17.2 Å². The molecular formula is C10H10NO2-. The second-order valence-electron chi connectivity index (χ2n) is 3.15. The third kappa shape index (κ3) is 1.42. The number of rotatable bonds is 1. The maximum Gasteiger partial charge on any atom is 0.0726 e. The van der Waals surface area contributed by atoms with Gasteiger partial charge in [0.15, 0.2) is 0 Å². The minimum atomic E-state index is -1.05. The average molecular weight is 176 g/mol. The maximum atomic E-state index is 10.7. The van der Waals surface area contributed by atoms with Crippen molar-refractivity contribution in [2.24, 2.45) is 0 Å². The van der Waals surface area contributed by atoms with Crippen molar-refractivity contribution in [1.29, 1.82) is 0 Å². The number of carbonyl (C=O) groups is 1. The van der Waals surface area contributed by atoms with E-state index in [1.807, 2.05) is 24.3 Å². The Balaban J connectivity index is 2.42. The second kappa shape index (κ2) is 3.18. The molecule has 1 aliphatic rings. The minimum Gasteiger partial charge on any atom is -0.548 e. The van der Waals surface area contributed by atoms with Gasteiger partial charge in [0.2, 0.25) is 0 Å². The lowest BCUT2D eigenvalue weighted by Gasteiger charge is -2.27. The van der Waals surface area contributed by atoms with E-state index >= 15 is 0 Å². The molecule has 1 atom stereocenters. The average Bonchev–Trinajstić information content (AvgIpc) is 2.17. The molecule has 1 heterocycles. The maximum absolute atomic E-state index is 10.7. The number of carboxylic acids is 1. The molecule has 0 saturated carbocycles. The van der Waals surface area contributed by atoms with Crippen molar-refractivity contribution < 1.29 is 9.90 Å². The Hall–Kier alpha value is -1.35. The van der Waals surface area contributed by atoms with Gasteiger partial charge < -0.3 is 15.2 Å². The Morgan fingerprint density at radius 3 is 3.00 bits per heavy atom. The first-order valence-corrected chi connectivity index (χ1v) is 4.31. The Labute approximate surface area is 76.4 Å². The fourth-order valence-corrected chi connectivity index (χ4v) is 1.71. The number of benzene rings is 1. The molecule has 1 aromatic carbocycles. The summed E-state index contributed by atoms with van der Waals surface area (Å²) in [5.74, 6) is -1.05. The van der Waals surface area contributed by atoms with Crippen molar-refractivity contribution in [2.75, 3.05) is 6.54 Å². The van der Waals surface area contributed by atoms with E-state index in [1.165, 1.54) is 0 Å². The van der Waals surface area contributed by atoms with Gasteiger partial charge in [-0.25, -0.2) is 0 Å². The zero-order chi connectivity index (χ0) is 9.26. The van der Waals surface area contributed by atoms with Gasteiger partial charge in [-0.05, 0) is 17.5 Å². The van der Waals surface area contributed by atoms with Crippen LogP contribution in [-0.4, -0.2) is 12.5 Å². The lowest BCUT2D eigenvalue weighted by molar-refractivity contribution is -0.309. The van der Waals surface area contributed by atoms with Gasteiger partial charge >= 0.3 is 0 Å². The van der Waals surface area contributed by atoms with Crippen LogP contribution in [0.15, 0.2) is 24.3 Å². The van der Waals surface area contributed by atoms with E-state index in [0.717, 1.165) is 17.5 Å². The van der Waals surface area contributed by atoms with Gasteiger partial charge in [-0.2, -0.15) is 0 Å². The quantitative estimate of drug-likeness (QED) is 0.634. The van der Waals surface area contributed by atoms with Gasteiger partial charge in [0, 0.05) is 6.54 Å². The molecule has 0 amide bonds. The van der Waals surface area contributed by atoms with Crippen LogP contribution >= 0.6 is 0 Å². The highest BCUT2D eigenvalue weighted by molar-refractivity contribution is 5.74. The third-order valence-electron chi connectivity index (χ3n) is 2.34. The lowest BCUT2D eigenvalue weighted by atomic mass is 9.95. The normalized spacial score (nSPS) is 20.8. The van der Waals surface area contributed by atoms with Crippen LogP contribution in [-0.2, 0) is 11.2 Å². The third-order valence-corrected chi connectivity index (χ3v) is 2.34. The van der Waals surface area contributed by atoms with E-state index in [1.54, 1.807) is 0 Å². The summed E-state index contributed by atoms with van der Waals surface area (Å²) in [5.41, 5.74) is 1.95. The summed E-state index contributed by atoms with van der Waals surface area (Å²) in [7, 11) is 0. The molecule has 0 bridgehead atoms. The molecule has 68 valence electrons. The molecule has 0 radical (unpaired) electrons. The molecule has 0 saturated heterocycles. The smallest absolute Gasteiger partial charge is 0.0726 e. The van der Waals surface area contributed by atoms with Gasteiger partial charge in [0.1, 0.15) is 0 Å². The van der Waals surface area contributed by atoms with Crippen LogP contribution in [0.25, 0.3) is 0 Å². The van der Waals surface area contributed by atoms with Crippen LogP contribution in [0, 0.1) is 0 Å². The van der Waals surface area contributed by atoms with E-state index in [0.29, 0.717) is 6.54 Å². The van der Waals surface area contributed by atoms with E-state index in [2.05, 4.69) is 5.32 Å². The number of hydrogen-bond donors (Lipinski definition) is 1. The van der Waals surface area contributed by atoms with Crippen molar-refractivity contribution in [1.82, 2.24) is 5.32 Å². The Bertz CT molecular complexity index is 335. The van der Waals surface area contributed by atoms with Crippen LogP contribution in [0.2, 0.25) is 0 Å². The summed E-state index contributed by atoms with van der Waals surface area (Å²) < 4.78 is 0. The van der Waals surface area contributed by atoms with Gasteiger partial charge in [0.25, 0.3) is 0 Å². The number of aliphatic carboxylic acids is 1. The van der Waals surface area contributed by atoms with Crippen molar-refractivity contribution in [2.45, 2.75) is 12.5 Å². The summed E-state index contributed by atoms with van der Waals surface area (Å²) in [6.07, 6.45) is 0.889. The van der Waals surface area contributed by atoms with Crippen LogP contribution in [0.4, 0.5) is 0 Å². The zero-order valence-electron chi connectivity index (χ0n) is 7.12. The van der Waals surface area contributed by atoms with Gasteiger partial charge in [-0.15, -0.1) is 0 Å².